The van der Waals surface area contributed by atoms with Crippen LogP contribution in [0.15, 0.2) is 105 Å². The molecule has 0 saturated heterocycles. The zero-order valence-electron chi connectivity index (χ0n) is 14.5. The molecule has 0 atom stereocenters. The van der Waals surface area contributed by atoms with Gasteiger partial charge in [0.15, 0.2) is 0 Å². The third kappa shape index (κ3) is 4.76. The van der Waals surface area contributed by atoms with Crippen LogP contribution < -0.4 is 10.4 Å². The summed E-state index contributed by atoms with van der Waals surface area (Å²) in [7, 11) is 0. The maximum atomic E-state index is 2.42. The molecule has 0 bridgehead atoms. The minimum absolute atomic E-state index is 0. The Morgan fingerprint density at radius 3 is 1.38 bits per heavy atom. The molecule has 0 heterocycles. The van der Waals surface area contributed by atoms with Gasteiger partial charge in [-0.05, 0) is 0 Å². The van der Waals surface area contributed by atoms with E-state index in [2.05, 4.69) is 97.1 Å². The Hall–Kier alpha value is -0.709. The van der Waals surface area contributed by atoms with Gasteiger partial charge in [-0.3, -0.25) is 0 Å². The van der Waals surface area contributed by atoms with Crippen molar-refractivity contribution in [2.24, 2.45) is 0 Å². The van der Waals surface area contributed by atoms with Gasteiger partial charge < -0.3 is 0 Å². The van der Waals surface area contributed by atoms with Crippen LogP contribution in [0.4, 0.5) is 0 Å². The standard InChI is InChI=1S/C12H10Si.2C5H5.2BrH.Ti/c1-3-7-11(8-4-1)13-12-9-5-2-6-10-12;2*1-2-4-5-3-1;;;/h1-10H;2*1-3H,4H2;2*1H;. The number of allylic oxidation sites excluding steroid dienone is 8. The summed E-state index contributed by atoms with van der Waals surface area (Å²) in [6.45, 7) is 0. The molecule has 2 aliphatic rings. The van der Waals surface area contributed by atoms with Crippen LogP contribution >= 0.6 is 34.0 Å². The summed E-state index contributed by atoms with van der Waals surface area (Å²) >= 11 is -1.56. The normalized spacial score (nSPS) is 14.2. The van der Waals surface area contributed by atoms with E-state index in [-0.39, 0.29) is 34.0 Å². The van der Waals surface area contributed by atoms with E-state index in [1.165, 1.54) is 12.8 Å². The van der Waals surface area contributed by atoms with Crippen LogP contribution in [0.1, 0.15) is 12.8 Å². The molecule has 0 saturated carbocycles. The van der Waals surface area contributed by atoms with Crippen molar-refractivity contribution in [3.63, 3.8) is 0 Å². The predicted molar refractivity (Wildman–Crippen MR) is 122 cm³/mol. The second-order valence-corrected chi connectivity index (χ2v) is 15.6. The molecule has 0 amide bonds. The van der Waals surface area contributed by atoms with E-state index in [0.717, 1.165) is 0 Å². The second kappa shape index (κ2) is 10.6. The Morgan fingerprint density at radius 2 is 1.04 bits per heavy atom. The van der Waals surface area contributed by atoms with Crippen LogP contribution in [0.3, 0.4) is 0 Å². The Balaban J connectivity index is 0.00000121. The quantitative estimate of drug-likeness (QED) is 0.482. The first kappa shape index (κ1) is 21.6. The molecular formula is C22H22Br2SiTi. The first-order valence-electron chi connectivity index (χ1n) is 8.51. The van der Waals surface area contributed by atoms with Crippen LogP contribution in [0.25, 0.3) is 0 Å². The fraction of sp³-hybridized carbons (Fsp3) is 0.0909. The first-order valence-corrected chi connectivity index (χ1v) is 13.9. The van der Waals surface area contributed by atoms with Crippen LogP contribution in [0.2, 0.25) is 0 Å². The molecule has 0 radical (unpaired) electrons. The van der Waals surface area contributed by atoms with Crippen LogP contribution in [-0.2, 0) is 16.6 Å². The first-order chi connectivity index (χ1) is 11.9. The van der Waals surface area contributed by atoms with Crippen molar-refractivity contribution >= 4 is 50.5 Å². The molecule has 2 aromatic carbocycles. The third-order valence-electron chi connectivity index (χ3n) is 4.56. The summed E-state index contributed by atoms with van der Waals surface area (Å²) in [5.41, 5.74) is 0. The van der Waals surface area contributed by atoms with Gasteiger partial charge in [-0.25, -0.2) is 0 Å². The summed E-state index contributed by atoms with van der Waals surface area (Å²) in [5, 5.41) is 3.15. The van der Waals surface area contributed by atoms with Gasteiger partial charge in [0, 0.05) is 0 Å². The monoisotopic (exact) mass is 520 g/mol. The molecular weight excluding hydrogens is 500 g/mol. The predicted octanol–water partition coefficient (Wildman–Crippen LogP) is 5.25. The topological polar surface area (TPSA) is 0 Å². The van der Waals surface area contributed by atoms with E-state index < -0.39 is 22.8 Å². The Labute approximate surface area is 183 Å². The maximum absolute atomic E-state index is 2.42. The van der Waals surface area contributed by atoms with Gasteiger partial charge in [0.05, 0.1) is 0 Å². The SMILES string of the molecule is Br.Br.C1=CC[C]([Ti]([C]2=CC=CC2)=[Si](c2ccccc2)c2ccccc2)=C1. The zero-order chi connectivity index (χ0) is 16.2. The molecule has 0 spiro atoms. The second-order valence-electron chi connectivity index (χ2n) is 6.13. The summed E-state index contributed by atoms with van der Waals surface area (Å²) in [6, 6.07) is 22.6. The summed E-state index contributed by atoms with van der Waals surface area (Å²) in [6.07, 6.45) is 15.6. The van der Waals surface area contributed by atoms with Gasteiger partial charge >= 0.3 is 151 Å². The van der Waals surface area contributed by atoms with Crippen molar-refractivity contribution in [2.75, 3.05) is 0 Å². The average molecular weight is 522 g/mol. The average Bonchev–Trinajstić information content (AvgIpc) is 3.35. The Bertz CT molecular complexity index is 821. The summed E-state index contributed by atoms with van der Waals surface area (Å²) < 4.78 is 3.48. The molecule has 0 nitrogen and oxygen atoms in total. The molecule has 2 aliphatic carbocycles. The molecule has 0 fully saturated rings. The van der Waals surface area contributed by atoms with Crippen molar-refractivity contribution in [1.29, 1.82) is 0 Å². The van der Waals surface area contributed by atoms with E-state index in [9.17, 15) is 0 Å². The summed E-state index contributed by atoms with van der Waals surface area (Å²) in [5.74, 6) is 0. The van der Waals surface area contributed by atoms with E-state index in [1.807, 2.05) is 0 Å². The van der Waals surface area contributed by atoms with Gasteiger partial charge in [-0.15, -0.1) is 34.0 Å². The van der Waals surface area contributed by atoms with Gasteiger partial charge in [0.25, 0.3) is 0 Å². The molecule has 4 rings (SSSR count). The van der Waals surface area contributed by atoms with E-state index in [0.29, 0.717) is 0 Å². The molecule has 0 aromatic heterocycles. The van der Waals surface area contributed by atoms with Gasteiger partial charge in [-0.2, -0.15) is 0 Å². The Morgan fingerprint density at radius 1 is 0.615 bits per heavy atom. The van der Waals surface area contributed by atoms with E-state index in [1.54, 1.807) is 18.1 Å². The van der Waals surface area contributed by atoms with Crippen LogP contribution in [0, 0.1) is 0 Å². The minimum atomic E-state index is -1.56. The van der Waals surface area contributed by atoms with Crippen molar-refractivity contribution in [2.45, 2.75) is 12.8 Å². The fourth-order valence-electron chi connectivity index (χ4n) is 3.46. The number of benzene rings is 2. The molecule has 132 valence electrons. The fourth-order valence-corrected chi connectivity index (χ4v) is 17.3. The molecule has 0 N–H and O–H groups in total. The molecule has 4 heteroatoms. The summed E-state index contributed by atoms with van der Waals surface area (Å²) in [4.78, 5) is 0. The molecule has 26 heavy (non-hydrogen) atoms. The number of hydrogen-bond acceptors (Lipinski definition) is 0. The third-order valence-corrected chi connectivity index (χ3v) is 17.7. The molecule has 2 aromatic rings. The van der Waals surface area contributed by atoms with Crippen LogP contribution in [0.5, 0.6) is 0 Å². The van der Waals surface area contributed by atoms with Crippen molar-refractivity contribution in [3.05, 3.63) is 105 Å². The van der Waals surface area contributed by atoms with Gasteiger partial charge in [0.2, 0.25) is 0 Å². The number of hydrogen-bond donors (Lipinski definition) is 0. The van der Waals surface area contributed by atoms with Crippen molar-refractivity contribution in [3.8, 4) is 0 Å². The van der Waals surface area contributed by atoms with Gasteiger partial charge in [0.1, 0.15) is 0 Å². The number of rotatable bonds is 4. The van der Waals surface area contributed by atoms with E-state index in [4.69, 9.17) is 0 Å². The molecule has 0 aliphatic heterocycles. The van der Waals surface area contributed by atoms with Crippen LogP contribution in [-0.4, -0.2) is 6.19 Å². The molecule has 0 unspecified atom stereocenters. The van der Waals surface area contributed by atoms with E-state index >= 15 is 0 Å². The van der Waals surface area contributed by atoms with Crippen molar-refractivity contribution < 1.29 is 16.6 Å². The van der Waals surface area contributed by atoms with Crippen molar-refractivity contribution in [1.82, 2.24) is 0 Å². The number of halogens is 2. The van der Waals surface area contributed by atoms with Gasteiger partial charge in [-0.1, -0.05) is 0 Å². The zero-order valence-corrected chi connectivity index (χ0v) is 20.5. The Kier molecular flexibility index (Phi) is 8.79.